The lowest BCUT2D eigenvalue weighted by Crippen LogP contribution is -2.27. The molecule has 10 heteroatoms. The summed E-state index contributed by atoms with van der Waals surface area (Å²) >= 11 is 0. The number of amidine groups is 1. The average Bonchev–Trinajstić information content (AvgIpc) is 3.16. The van der Waals surface area contributed by atoms with Crippen molar-refractivity contribution in [3.8, 4) is 22.3 Å². The second-order valence-corrected chi connectivity index (χ2v) is 12.3. The highest BCUT2D eigenvalue weighted by atomic mass is 16.5. The summed E-state index contributed by atoms with van der Waals surface area (Å²) in [6, 6.07) is 32.8. The Hall–Kier alpha value is -6.81. The van der Waals surface area contributed by atoms with Crippen LogP contribution in [0.15, 0.2) is 127 Å². The molecule has 0 aliphatic carbocycles. The topological polar surface area (TPSA) is 160 Å². The molecular formula is C42H38N4O6. The van der Waals surface area contributed by atoms with Crippen LogP contribution in [0, 0.1) is 5.92 Å². The smallest absolute Gasteiger partial charge is 0.435 e. The Kier molecular flexibility index (Phi) is 11.7. The van der Waals surface area contributed by atoms with Crippen molar-refractivity contribution < 1.29 is 29.0 Å². The summed E-state index contributed by atoms with van der Waals surface area (Å²) in [6.07, 6.45) is 0.893. The number of nitrogens with two attached hydrogens (primary N) is 1. The highest BCUT2D eigenvalue weighted by molar-refractivity contribution is 6.12. The number of nitrogens with one attached hydrogen (secondary N) is 2. The van der Waals surface area contributed by atoms with Gasteiger partial charge in [0.05, 0.1) is 5.56 Å². The average molecular weight is 695 g/mol. The van der Waals surface area contributed by atoms with E-state index in [1.807, 2.05) is 74.5 Å². The van der Waals surface area contributed by atoms with Gasteiger partial charge in [0.2, 0.25) is 0 Å². The molecule has 5 aromatic rings. The Morgan fingerprint density at radius 3 is 2.08 bits per heavy atom. The summed E-state index contributed by atoms with van der Waals surface area (Å²) in [5.41, 5.74) is 11.1. The molecule has 5 aromatic carbocycles. The summed E-state index contributed by atoms with van der Waals surface area (Å²) < 4.78 is 5.18. The number of carbonyl (C=O) groups is 4. The van der Waals surface area contributed by atoms with Crippen LogP contribution in [-0.4, -0.2) is 41.4 Å². The maximum absolute atomic E-state index is 14.0. The Labute approximate surface area is 301 Å². The van der Waals surface area contributed by atoms with Gasteiger partial charge in [-0.3, -0.25) is 9.59 Å². The predicted molar refractivity (Wildman–Crippen MR) is 203 cm³/mol. The monoisotopic (exact) mass is 694 g/mol. The van der Waals surface area contributed by atoms with Gasteiger partial charge < -0.3 is 26.2 Å². The quantitative estimate of drug-likeness (QED) is 0.0759. The van der Waals surface area contributed by atoms with Gasteiger partial charge in [0.25, 0.3) is 11.8 Å². The Balaban J connectivity index is 1.44. The summed E-state index contributed by atoms with van der Waals surface area (Å²) in [5.74, 6) is -1.99. The molecule has 10 nitrogen and oxygen atoms in total. The number of ether oxygens (including phenoxy) is 1. The zero-order valence-corrected chi connectivity index (χ0v) is 28.8. The van der Waals surface area contributed by atoms with Gasteiger partial charge in [-0.15, -0.1) is 0 Å². The first kappa shape index (κ1) is 36.5. The minimum absolute atomic E-state index is 0.0521. The van der Waals surface area contributed by atoms with Gasteiger partial charge in [0.1, 0.15) is 12.4 Å². The largest absolute Gasteiger partial charge is 0.478 e. The van der Waals surface area contributed by atoms with Crippen LogP contribution >= 0.6 is 0 Å². The van der Waals surface area contributed by atoms with Gasteiger partial charge in [-0.05, 0) is 81.8 Å². The summed E-state index contributed by atoms with van der Waals surface area (Å²) in [5, 5.41) is 15.9. The standard InChI is InChI=1S/C42H38N4O6/c1-4-27-10-12-29(13-11-27)31-16-20-34(35-21-17-32(23-37(35)41(49)50)39(47)44-24-26(2)3)36(22-31)40(48)45-33-18-14-30(15-19-33)38(43)46-42(51)52-25-28-8-6-5-7-9-28/h4-23,26H,1,24-25H2,2-3H3,(H,44,47)(H,45,48)(H,49,50)(H2,43,46,51). The fourth-order valence-corrected chi connectivity index (χ4v) is 5.29. The van der Waals surface area contributed by atoms with Crippen molar-refractivity contribution in [2.24, 2.45) is 16.6 Å². The van der Waals surface area contributed by atoms with Crippen LogP contribution in [0.3, 0.4) is 0 Å². The molecule has 262 valence electrons. The molecule has 0 bridgehead atoms. The zero-order valence-electron chi connectivity index (χ0n) is 28.8. The fourth-order valence-electron chi connectivity index (χ4n) is 5.29. The van der Waals surface area contributed by atoms with E-state index in [0.29, 0.717) is 23.4 Å². The van der Waals surface area contributed by atoms with Crippen molar-refractivity contribution in [3.63, 3.8) is 0 Å². The Bertz CT molecular complexity index is 2140. The van der Waals surface area contributed by atoms with Crippen molar-refractivity contribution in [3.05, 3.63) is 155 Å². The minimum atomic E-state index is -1.25. The molecule has 52 heavy (non-hydrogen) atoms. The highest BCUT2D eigenvalue weighted by Crippen LogP contribution is 2.33. The van der Waals surface area contributed by atoms with Crippen molar-refractivity contribution in [1.82, 2.24) is 5.32 Å². The molecule has 3 amide bonds. The fraction of sp³-hybridized carbons (Fsp3) is 0.119. The van der Waals surface area contributed by atoms with E-state index in [-0.39, 0.29) is 40.6 Å². The number of benzene rings is 5. The van der Waals surface area contributed by atoms with Crippen LogP contribution < -0.4 is 16.4 Å². The molecule has 0 aliphatic heterocycles. The molecular weight excluding hydrogens is 656 g/mol. The SMILES string of the molecule is C=Cc1ccc(-c2ccc(-c3ccc(C(=O)NCC(C)C)cc3C(=O)O)c(C(=O)Nc3ccc(/C(N)=N/C(=O)OCc4ccccc4)cc3)c2)cc1. The van der Waals surface area contributed by atoms with Crippen LogP contribution in [-0.2, 0) is 11.3 Å². The first-order chi connectivity index (χ1) is 25.0. The molecule has 0 radical (unpaired) electrons. The van der Waals surface area contributed by atoms with Crippen molar-refractivity contribution in [1.29, 1.82) is 0 Å². The Morgan fingerprint density at radius 1 is 0.788 bits per heavy atom. The second kappa shape index (κ2) is 16.7. The number of carboxylic acid groups (broad SMARTS) is 1. The molecule has 5 rings (SSSR count). The number of carboxylic acids is 1. The van der Waals surface area contributed by atoms with E-state index in [0.717, 1.165) is 22.3 Å². The number of aromatic carboxylic acids is 1. The number of anilines is 1. The summed E-state index contributed by atoms with van der Waals surface area (Å²) in [6.45, 7) is 8.20. The molecule has 5 N–H and O–H groups in total. The van der Waals surface area contributed by atoms with Crippen molar-refractivity contribution >= 4 is 41.5 Å². The van der Waals surface area contributed by atoms with Gasteiger partial charge >= 0.3 is 12.1 Å². The Morgan fingerprint density at radius 2 is 1.42 bits per heavy atom. The first-order valence-electron chi connectivity index (χ1n) is 16.5. The van der Waals surface area contributed by atoms with Gasteiger partial charge in [-0.25, -0.2) is 9.59 Å². The number of nitrogens with zero attached hydrogens (tertiary/aromatic N) is 1. The van der Waals surface area contributed by atoms with Crippen LogP contribution in [0.5, 0.6) is 0 Å². The molecule has 0 spiro atoms. The molecule has 0 saturated heterocycles. The van der Waals surface area contributed by atoms with E-state index in [1.165, 1.54) is 6.07 Å². The van der Waals surface area contributed by atoms with Crippen molar-refractivity contribution in [2.45, 2.75) is 20.5 Å². The van der Waals surface area contributed by atoms with E-state index in [9.17, 15) is 24.3 Å². The molecule has 0 atom stereocenters. The molecule has 0 saturated carbocycles. The van der Waals surface area contributed by atoms with Gasteiger partial charge in [0.15, 0.2) is 0 Å². The number of rotatable bonds is 12. The molecule has 0 unspecified atom stereocenters. The van der Waals surface area contributed by atoms with Gasteiger partial charge in [-0.2, -0.15) is 4.99 Å². The summed E-state index contributed by atoms with van der Waals surface area (Å²) in [7, 11) is 0. The van der Waals surface area contributed by atoms with Crippen LogP contribution in [0.25, 0.3) is 28.3 Å². The third kappa shape index (κ3) is 9.25. The lowest BCUT2D eigenvalue weighted by molar-refractivity contribution is 0.0697. The number of amides is 3. The van der Waals surface area contributed by atoms with E-state index in [2.05, 4.69) is 22.2 Å². The second-order valence-electron chi connectivity index (χ2n) is 12.3. The maximum Gasteiger partial charge on any atom is 0.435 e. The molecule has 0 heterocycles. The first-order valence-corrected chi connectivity index (χ1v) is 16.5. The molecule has 0 aliphatic rings. The third-order valence-electron chi connectivity index (χ3n) is 8.07. The van der Waals surface area contributed by atoms with E-state index < -0.39 is 23.9 Å². The summed E-state index contributed by atoms with van der Waals surface area (Å²) in [4.78, 5) is 55.4. The van der Waals surface area contributed by atoms with E-state index in [4.69, 9.17) is 10.5 Å². The highest BCUT2D eigenvalue weighted by Gasteiger charge is 2.21. The van der Waals surface area contributed by atoms with E-state index >= 15 is 0 Å². The van der Waals surface area contributed by atoms with E-state index in [1.54, 1.807) is 54.6 Å². The molecule has 0 aromatic heterocycles. The third-order valence-corrected chi connectivity index (χ3v) is 8.07. The maximum atomic E-state index is 14.0. The lowest BCUT2D eigenvalue weighted by atomic mass is 9.90. The zero-order chi connectivity index (χ0) is 37.2. The normalized spacial score (nSPS) is 11.1. The van der Waals surface area contributed by atoms with Crippen LogP contribution in [0.2, 0.25) is 0 Å². The molecule has 0 fully saturated rings. The van der Waals surface area contributed by atoms with Gasteiger partial charge in [0, 0.05) is 28.9 Å². The predicted octanol–water partition coefficient (Wildman–Crippen LogP) is 8.04. The number of hydrogen-bond acceptors (Lipinski definition) is 5. The number of hydrogen-bond donors (Lipinski definition) is 4. The van der Waals surface area contributed by atoms with Crippen LogP contribution in [0.1, 0.15) is 61.6 Å². The number of aliphatic imine (C=N–C) groups is 1. The van der Waals surface area contributed by atoms with Crippen LogP contribution in [0.4, 0.5) is 10.5 Å². The van der Waals surface area contributed by atoms with Crippen molar-refractivity contribution in [2.75, 3.05) is 11.9 Å². The van der Waals surface area contributed by atoms with Gasteiger partial charge in [-0.1, -0.05) is 99.3 Å². The lowest BCUT2D eigenvalue weighted by Gasteiger charge is -2.16. The minimum Gasteiger partial charge on any atom is -0.478 e. The number of carbonyl (C=O) groups excluding carboxylic acids is 3.